The number of hydrogen-bond donors (Lipinski definition) is 2. The Morgan fingerprint density at radius 1 is 1.05 bits per heavy atom. The quantitative estimate of drug-likeness (QED) is 0.896. The lowest BCUT2D eigenvalue weighted by molar-refractivity contribution is 0.102. The number of carbonyl (C=O) groups excluding carboxylic acids is 1. The second-order valence-corrected chi connectivity index (χ2v) is 5.50. The molecule has 1 heterocycles. The first-order chi connectivity index (χ1) is 9.95. The molecule has 5 nitrogen and oxygen atoms in total. The van der Waals surface area contributed by atoms with Crippen molar-refractivity contribution in [3.05, 3.63) is 45.9 Å². The van der Waals surface area contributed by atoms with Crippen molar-refractivity contribution in [2.45, 2.75) is 19.9 Å². The molecule has 0 spiro atoms. The Bertz CT molecular complexity index is 644. The van der Waals surface area contributed by atoms with Crippen molar-refractivity contribution >= 4 is 40.7 Å². The van der Waals surface area contributed by atoms with Crippen LogP contribution in [0.4, 0.5) is 11.6 Å². The number of nitrogens with one attached hydrogen (secondary N) is 2. The summed E-state index contributed by atoms with van der Waals surface area (Å²) >= 11 is 11.7. The summed E-state index contributed by atoms with van der Waals surface area (Å²) in [5.74, 6) is 0.686. The highest BCUT2D eigenvalue weighted by Gasteiger charge is 2.09. The number of benzene rings is 1. The summed E-state index contributed by atoms with van der Waals surface area (Å²) in [5, 5.41) is 14.4. The molecule has 0 saturated heterocycles. The van der Waals surface area contributed by atoms with E-state index in [4.69, 9.17) is 23.2 Å². The average Bonchev–Trinajstić information content (AvgIpc) is 2.43. The van der Waals surface area contributed by atoms with Crippen molar-refractivity contribution in [1.29, 1.82) is 0 Å². The van der Waals surface area contributed by atoms with Crippen LogP contribution < -0.4 is 10.6 Å². The van der Waals surface area contributed by atoms with E-state index in [1.54, 1.807) is 24.3 Å². The number of rotatable bonds is 4. The summed E-state index contributed by atoms with van der Waals surface area (Å²) in [6, 6.07) is 8.34. The zero-order chi connectivity index (χ0) is 15.4. The molecule has 110 valence electrons. The van der Waals surface area contributed by atoms with Gasteiger partial charge < -0.3 is 10.6 Å². The molecule has 1 aromatic heterocycles. The van der Waals surface area contributed by atoms with Crippen LogP contribution in [-0.4, -0.2) is 22.1 Å². The summed E-state index contributed by atoms with van der Waals surface area (Å²) in [6.07, 6.45) is 0. The summed E-state index contributed by atoms with van der Waals surface area (Å²) in [5.41, 5.74) is 0.399. The number of anilines is 2. The van der Waals surface area contributed by atoms with E-state index in [1.807, 2.05) is 13.8 Å². The van der Waals surface area contributed by atoms with E-state index < -0.39 is 0 Å². The van der Waals surface area contributed by atoms with Crippen molar-refractivity contribution in [2.24, 2.45) is 0 Å². The molecule has 0 bridgehead atoms. The van der Waals surface area contributed by atoms with E-state index in [9.17, 15) is 4.79 Å². The van der Waals surface area contributed by atoms with Crippen LogP contribution in [0.5, 0.6) is 0 Å². The lowest BCUT2D eigenvalue weighted by Crippen LogP contribution is -2.15. The van der Waals surface area contributed by atoms with Gasteiger partial charge in [0.15, 0.2) is 5.82 Å². The van der Waals surface area contributed by atoms with Gasteiger partial charge in [-0.3, -0.25) is 4.79 Å². The fraction of sp³-hybridized carbons (Fsp3) is 0.214. The molecule has 0 fully saturated rings. The molecule has 0 aliphatic rings. The van der Waals surface area contributed by atoms with Crippen LogP contribution in [0.25, 0.3) is 0 Å². The van der Waals surface area contributed by atoms with Crippen molar-refractivity contribution < 1.29 is 4.79 Å². The van der Waals surface area contributed by atoms with Crippen molar-refractivity contribution in [3.8, 4) is 0 Å². The van der Waals surface area contributed by atoms with Gasteiger partial charge in [0.25, 0.3) is 5.91 Å². The normalized spacial score (nSPS) is 10.5. The van der Waals surface area contributed by atoms with Crippen molar-refractivity contribution in [3.63, 3.8) is 0 Å². The molecule has 0 saturated carbocycles. The average molecular weight is 325 g/mol. The van der Waals surface area contributed by atoms with E-state index in [0.717, 1.165) is 0 Å². The maximum atomic E-state index is 12.0. The minimum atomic E-state index is -0.326. The largest absolute Gasteiger partial charge is 0.366 e. The van der Waals surface area contributed by atoms with Crippen molar-refractivity contribution in [1.82, 2.24) is 10.2 Å². The molecule has 0 aliphatic carbocycles. The van der Waals surface area contributed by atoms with E-state index in [0.29, 0.717) is 27.2 Å². The Balaban J connectivity index is 2.06. The predicted molar refractivity (Wildman–Crippen MR) is 85.2 cm³/mol. The van der Waals surface area contributed by atoms with Gasteiger partial charge in [-0.2, -0.15) is 0 Å². The van der Waals surface area contributed by atoms with Gasteiger partial charge in [-0.05, 0) is 44.2 Å². The van der Waals surface area contributed by atoms with Gasteiger partial charge in [0.2, 0.25) is 0 Å². The number of carbonyl (C=O) groups is 1. The fourth-order valence-corrected chi connectivity index (χ4v) is 1.90. The van der Waals surface area contributed by atoms with Crippen LogP contribution in [0.3, 0.4) is 0 Å². The zero-order valence-electron chi connectivity index (χ0n) is 11.5. The molecule has 0 atom stereocenters. The number of amides is 1. The Kier molecular flexibility index (Phi) is 4.98. The monoisotopic (exact) mass is 324 g/mol. The minimum absolute atomic E-state index is 0.260. The highest BCUT2D eigenvalue weighted by Crippen LogP contribution is 2.23. The highest BCUT2D eigenvalue weighted by molar-refractivity contribution is 6.42. The van der Waals surface area contributed by atoms with Gasteiger partial charge in [-0.1, -0.05) is 23.2 Å². The number of nitrogens with zero attached hydrogens (tertiary/aromatic N) is 2. The Hall–Kier alpha value is -1.85. The fourth-order valence-electron chi connectivity index (χ4n) is 1.60. The molecular formula is C14H14Cl2N4O. The molecule has 0 aliphatic heterocycles. The van der Waals surface area contributed by atoms with E-state index >= 15 is 0 Å². The molecule has 21 heavy (non-hydrogen) atoms. The van der Waals surface area contributed by atoms with E-state index in [2.05, 4.69) is 20.8 Å². The number of hydrogen-bond acceptors (Lipinski definition) is 4. The first-order valence-electron chi connectivity index (χ1n) is 6.32. The summed E-state index contributed by atoms with van der Waals surface area (Å²) in [6.45, 7) is 4.00. The summed E-state index contributed by atoms with van der Waals surface area (Å²) in [4.78, 5) is 12.0. The van der Waals surface area contributed by atoms with Crippen LogP contribution in [0.2, 0.25) is 10.0 Å². The number of halogens is 2. The predicted octanol–water partition coefficient (Wildman–Crippen LogP) is 3.86. The first-order valence-corrected chi connectivity index (χ1v) is 7.08. The Labute approximate surface area is 132 Å². The first kappa shape index (κ1) is 15.5. The molecule has 1 aromatic carbocycles. The third-order valence-corrected chi connectivity index (χ3v) is 3.26. The molecule has 7 heteroatoms. The molecular weight excluding hydrogens is 311 g/mol. The Morgan fingerprint density at radius 2 is 1.71 bits per heavy atom. The second kappa shape index (κ2) is 6.74. The van der Waals surface area contributed by atoms with Crippen molar-refractivity contribution in [2.75, 3.05) is 10.6 Å². The van der Waals surface area contributed by atoms with Crippen LogP contribution in [-0.2, 0) is 0 Å². The van der Waals surface area contributed by atoms with Gasteiger partial charge in [0.1, 0.15) is 5.82 Å². The van der Waals surface area contributed by atoms with Crippen LogP contribution in [0.15, 0.2) is 30.3 Å². The van der Waals surface area contributed by atoms with Gasteiger partial charge in [0.05, 0.1) is 10.0 Å². The zero-order valence-corrected chi connectivity index (χ0v) is 13.0. The molecule has 2 rings (SSSR count). The smallest absolute Gasteiger partial charge is 0.256 e. The van der Waals surface area contributed by atoms with Crippen LogP contribution in [0, 0.1) is 0 Å². The lowest BCUT2D eigenvalue weighted by Gasteiger charge is -2.09. The standard InChI is InChI=1S/C14H14Cl2N4O/c1-8(2)17-12-5-6-13(20-19-12)18-14(21)9-3-4-10(15)11(16)7-9/h3-8H,1-2H3,(H,17,19)(H,18,20,21). The molecule has 0 unspecified atom stereocenters. The van der Waals surface area contributed by atoms with Gasteiger partial charge in [-0.25, -0.2) is 0 Å². The third-order valence-electron chi connectivity index (χ3n) is 2.52. The molecule has 2 N–H and O–H groups in total. The van der Waals surface area contributed by atoms with Gasteiger partial charge in [-0.15, -0.1) is 10.2 Å². The van der Waals surface area contributed by atoms with E-state index in [-0.39, 0.29) is 11.9 Å². The highest BCUT2D eigenvalue weighted by atomic mass is 35.5. The Morgan fingerprint density at radius 3 is 2.29 bits per heavy atom. The van der Waals surface area contributed by atoms with Gasteiger partial charge in [0, 0.05) is 11.6 Å². The van der Waals surface area contributed by atoms with Gasteiger partial charge >= 0.3 is 0 Å². The van der Waals surface area contributed by atoms with Crippen LogP contribution in [0.1, 0.15) is 24.2 Å². The molecule has 0 radical (unpaired) electrons. The minimum Gasteiger partial charge on any atom is -0.366 e. The topological polar surface area (TPSA) is 66.9 Å². The van der Waals surface area contributed by atoms with Crippen LogP contribution >= 0.6 is 23.2 Å². The lowest BCUT2D eigenvalue weighted by atomic mass is 10.2. The maximum absolute atomic E-state index is 12.0. The summed E-state index contributed by atoms with van der Waals surface area (Å²) < 4.78 is 0. The SMILES string of the molecule is CC(C)Nc1ccc(NC(=O)c2ccc(Cl)c(Cl)c2)nn1. The second-order valence-electron chi connectivity index (χ2n) is 4.69. The molecule has 2 aromatic rings. The maximum Gasteiger partial charge on any atom is 0.256 e. The van der Waals surface area contributed by atoms with E-state index in [1.165, 1.54) is 6.07 Å². The third kappa shape index (κ3) is 4.31. The summed E-state index contributed by atoms with van der Waals surface area (Å²) in [7, 11) is 0. The molecule has 1 amide bonds. The number of aromatic nitrogens is 2.